The number of unbranched alkanes of at least 4 members (excludes halogenated alkanes) is 14. The van der Waals surface area contributed by atoms with Gasteiger partial charge in [-0.25, -0.2) is 4.79 Å². The Hall–Kier alpha value is -3.38. The summed E-state index contributed by atoms with van der Waals surface area (Å²) in [5, 5.41) is 25.0. The summed E-state index contributed by atoms with van der Waals surface area (Å²) in [6.07, 6.45) is 18.4. The van der Waals surface area contributed by atoms with Crippen LogP contribution in [0.15, 0.2) is 4.99 Å². The summed E-state index contributed by atoms with van der Waals surface area (Å²) in [6.45, 7) is 1.91. The molecule has 0 aromatic carbocycles. The summed E-state index contributed by atoms with van der Waals surface area (Å²) in [7, 11) is 0. The first kappa shape index (κ1) is 39.6. The quantitative estimate of drug-likeness (QED) is 0.0391. The Balaban J connectivity index is 4.35. The van der Waals surface area contributed by atoms with Gasteiger partial charge < -0.3 is 37.6 Å². The van der Waals surface area contributed by atoms with Crippen LogP contribution in [0.3, 0.4) is 0 Å². The SMILES string of the molecule is CCCCCCCCCCCCCCCCCC(=O)N[C@@H](CCCN=C(N)N)C(=O)NCC(=O)N[C@@H](CC(=O)O)C(=O)O. The third-order valence-corrected chi connectivity index (χ3v) is 7.04. The third-order valence-electron chi connectivity index (χ3n) is 7.04. The van der Waals surface area contributed by atoms with Gasteiger partial charge in [-0.15, -0.1) is 0 Å². The minimum Gasteiger partial charge on any atom is -0.481 e. The Kier molecular flexibility index (Phi) is 24.2. The Labute approximate surface area is 256 Å². The van der Waals surface area contributed by atoms with E-state index in [0.29, 0.717) is 12.8 Å². The molecule has 0 aromatic rings. The number of guanidine groups is 1. The molecule has 13 nitrogen and oxygen atoms in total. The normalized spacial score (nSPS) is 12.1. The van der Waals surface area contributed by atoms with Crippen molar-refractivity contribution in [3.8, 4) is 0 Å². The minimum absolute atomic E-state index is 0.0933. The van der Waals surface area contributed by atoms with Gasteiger partial charge in [-0.2, -0.15) is 0 Å². The Morgan fingerprint density at radius 1 is 0.674 bits per heavy atom. The number of hydrogen-bond donors (Lipinski definition) is 7. The molecule has 13 heteroatoms. The van der Waals surface area contributed by atoms with Gasteiger partial charge in [0.2, 0.25) is 17.7 Å². The van der Waals surface area contributed by atoms with Crippen LogP contribution in [0.2, 0.25) is 0 Å². The van der Waals surface area contributed by atoms with Crippen molar-refractivity contribution in [1.82, 2.24) is 16.0 Å². The number of carbonyl (C=O) groups is 5. The molecule has 0 saturated heterocycles. The largest absolute Gasteiger partial charge is 0.481 e. The molecule has 0 aliphatic carbocycles. The molecule has 0 bridgehead atoms. The van der Waals surface area contributed by atoms with Crippen molar-refractivity contribution in [3.05, 3.63) is 0 Å². The molecule has 0 aliphatic heterocycles. The molecule has 43 heavy (non-hydrogen) atoms. The van der Waals surface area contributed by atoms with Crippen LogP contribution < -0.4 is 27.4 Å². The zero-order chi connectivity index (χ0) is 32.3. The van der Waals surface area contributed by atoms with E-state index in [1.54, 1.807) is 0 Å². The molecule has 3 amide bonds. The molecule has 0 spiro atoms. The molecular formula is C30H56N6O7. The molecule has 0 aliphatic rings. The summed E-state index contributed by atoms with van der Waals surface area (Å²) < 4.78 is 0. The fraction of sp³-hybridized carbons (Fsp3) is 0.800. The van der Waals surface area contributed by atoms with E-state index < -0.39 is 48.8 Å². The van der Waals surface area contributed by atoms with Gasteiger partial charge in [0.1, 0.15) is 12.1 Å². The molecule has 0 saturated carbocycles. The third kappa shape index (κ3) is 24.9. The van der Waals surface area contributed by atoms with Gasteiger partial charge >= 0.3 is 11.9 Å². The Bertz CT molecular complexity index is 849. The van der Waals surface area contributed by atoms with Crippen LogP contribution in [0.25, 0.3) is 0 Å². The lowest BCUT2D eigenvalue weighted by molar-refractivity contribution is -0.147. The first-order chi connectivity index (χ1) is 20.6. The van der Waals surface area contributed by atoms with Gasteiger partial charge in [-0.05, 0) is 19.3 Å². The van der Waals surface area contributed by atoms with Crippen molar-refractivity contribution in [2.45, 2.75) is 141 Å². The number of carboxylic acid groups (broad SMARTS) is 2. The van der Waals surface area contributed by atoms with E-state index in [1.165, 1.54) is 70.6 Å². The fourth-order valence-corrected chi connectivity index (χ4v) is 4.61. The maximum atomic E-state index is 12.7. The van der Waals surface area contributed by atoms with E-state index in [1.807, 2.05) is 0 Å². The maximum Gasteiger partial charge on any atom is 0.326 e. The van der Waals surface area contributed by atoms with E-state index in [4.69, 9.17) is 21.7 Å². The molecule has 0 radical (unpaired) electrons. The monoisotopic (exact) mass is 612 g/mol. The van der Waals surface area contributed by atoms with Gasteiger partial charge in [0.15, 0.2) is 5.96 Å². The highest BCUT2D eigenvalue weighted by Crippen LogP contribution is 2.14. The van der Waals surface area contributed by atoms with Gasteiger partial charge in [0.25, 0.3) is 0 Å². The van der Waals surface area contributed by atoms with E-state index in [2.05, 4.69) is 27.9 Å². The van der Waals surface area contributed by atoms with E-state index >= 15 is 0 Å². The van der Waals surface area contributed by atoms with Crippen LogP contribution in [0.1, 0.15) is 129 Å². The highest BCUT2D eigenvalue weighted by Gasteiger charge is 2.25. The fourth-order valence-electron chi connectivity index (χ4n) is 4.61. The number of aliphatic carboxylic acids is 2. The standard InChI is InChI=1S/C30H56N6O7/c1-2-3-4-5-6-7-8-9-10-11-12-13-14-15-16-19-25(37)35-23(18-17-20-33-30(31)32)28(41)34-22-26(38)36-24(29(42)43)21-27(39)40/h23-24H,2-22H2,1H3,(H,34,41)(H,35,37)(H,36,38)(H,39,40)(H,42,43)(H4,31,32,33)/t23-,24-/m0/s1. The predicted octanol–water partition coefficient (Wildman–Crippen LogP) is 2.95. The highest BCUT2D eigenvalue weighted by atomic mass is 16.4. The summed E-state index contributed by atoms with van der Waals surface area (Å²) in [5.41, 5.74) is 10.7. The molecule has 0 rings (SSSR count). The van der Waals surface area contributed by atoms with Crippen LogP contribution in [0.5, 0.6) is 0 Å². The Morgan fingerprint density at radius 2 is 1.16 bits per heavy atom. The smallest absolute Gasteiger partial charge is 0.326 e. The number of nitrogens with one attached hydrogen (secondary N) is 3. The van der Waals surface area contributed by atoms with Gasteiger partial charge in [-0.3, -0.25) is 24.2 Å². The second-order valence-electron chi connectivity index (χ2n) is 11.0. The molecule has 0 aromatic heterocycles. The second kappa shape index (κ2) is 26.3. The van der Waals surface area contributed by atoms with Crippen molar-refractivity contribution in [2.24, 2.45) is 16.5 Å². The average Bonchev–Trinajstić information content (AvgIpc) is 2.94. The number of aliphatic imine (C=N–C) groups is 1. The highest BCUT2D eigenvalue weighted by molar-refractivity contribution is 5.92. The lowest BCUT2D eigenvalue weighted by Gasteiger charge is -2.19. The summed E-state index contributed by atoms with van der Waals surface area (Å²) in [6, 6.07) is -2.58. The number of rotatable bonds is 28. The topological polar surface area (TPSA) is 226 Å². The van der Waals surface area contributed by atoms with E-state index in [0.717, 1.165) is 19.3 Å². The first-order valence-corrected chi connectivity index (χ1v) is 15.9. The first-order valence-electron chi connectivity index (χ1n) is 15.9. The van der Waals surface area contributed by atoms with Crippen LogP contribution in [-0.4, -0.2) is 71.0 Å². The number of hydrogen-bond acceptors (Lipinski definition) is 6. The number of nitrogens with zero attached hydrogens (tertiary/aromatic N) is 1. The van der Waals surface area contributed by atoms with Crippen molar-refractivity contribution in [3.63, 3.8) is 0 Å². The van der Waals surface area contributed by atoms with Crippen molar-refractivity contribution < 1.29 is 34.2 Å². The van der Waals surface area contributed by atoms with Gasteiger partial charge in [-0.1, -0.05) is 96.8 Å². The number of nitrogens with two attached hydrogens (primary N) is 2. The summed E-state index contributed by atoms with van der Waals surface area (Å²) in [4.78, 5) is 63.1. The predicted molar refractivity (Wildman–Crippen MR) is 166 cm³/mol. The lowest BCUT2D eigenvalue weighted by Crippen LogP contribution is -2.51. The molecule has 2 atom stereocenters. The molecule has 248 valence electrons. The van der Waals surface area contributed by atoms with Crippen LogP contribution >= 0.6 is 0 Å². The van der Waals surface area contributed by atoms with Gasteiger partial charge in [0.05, 0.1) is 13.0 Å². The average molecular weight is 613 g/mol. The summed E-state index contributed by atoms with van der Waals surface area (Å²) >= 11 is 0. The van der Waals surface area contributed by atoms with Crippen LogP contribution in [0.4, 0.5) is 0 Å². The zero-order valence-corrected chi connectivity index (χ0v) is 26.0. The van der Waals surface area contributed by atoms with Crippen LogP contribution in [0, 0.1) is 0 Å². The molecule has 9 N–H and O–H groups in total. The Morgan fingerprint density at radius 3 is 1.63 bits per heavy atom. The molecule has 0 heterocycles. The number of carboxylic acids is 2. The second-order valence-corrected chi connectivity index (χ2v) is 11.0. The van der Waals surface area contributed by atoms with E-state index in [-0.39, 0.29) is 31.3 Å². The van der Waals surface area contributed by atoms with Crippen molar-refractivity contribution >= 4 is 35.6 Å². The van der Waals surface area contributed by atoms with Crippen molar-refractivity contribution in [1.29, 1.82) is 0 Å². The van der Waals surface area contributed by atoms with E-state index in [9.17, 15) is 24.0 Å². The van der Waals surface area contributed by atoms with Crippen LogP contribution in [-0.2, 0) is 24.0 Å². The molecule has 0 fully saturated rings. The lowest BCUT2D eigenvalue weighted by atomic mass is 10.0. The van der Waals surface area contributed by atoms with Crippen molar-refractivity contribution in [2.75, 3.05) is 13.1 Å². The molecular weight excluding hydrogens is 556 g/mol. The summed E-state index contributed by atoms with van der Waals surface area (Å²) in [5.74, 6) is -4.78. The zero-order valence-electron chi connectivity index (χ0n) is 26.0. The van der Waals surface area contributed by atoms with Gasteiger partial charge in [0, 0.05) is 13.0 Å². The number of amides is 3. The molecule has 0 unspecified atom stereocenters. The minimum atomic E-state index is -1.63. The maximum absolute atomic E-state index is 12.7. The number of carbonyl (C=O) groups excluding carboxylic acids is 3.